The molecule has 1 aromatic rings. The molecule has 4 N–H and O–H groups in total. The Morgan fingerprint density at radius 1 is 1.28 bits per heavy atom. The first-order valence-corrected chi connectivity index (χ1v) is 7.44. The zero-order valence-electron chi connectivity index (χ0n) is 10.3. The lowest BCUT2D eigenvalue weighted by Gasteiger charge is -2.18. The van der Waals surface area contributed by atoms with Crippen molar-refractivity contribution in [1.82, 2.24) is 0 Å². The maximum Gasteiger partial charge on any atom is 0.178 e. The maximum absolute atomic E-state index is 11.6. The quantitative estimate of drug-likeness (QED) is 0.688. The Bertz CT molecular complexity index is 469. The molecule has 18 heavy (non-hydrogen) atoms. The lowest BCUT2D eigenvalue weighted by molar-refractivity contribution is 0.129. The van der Waals surface area contributed by atoms with E-state index in [4.69, 9.17) is 10.8 Å². The van der Waals surface area contributed by atoms with E-state index in [1.54, 1.807) is 19.1 Å². The van der Waals surface area contributed by atoms with Crippen LogP contribution in [0, 0.1) is 0 Å². The average molecular weight is 273 g/mol. The summed E-state index contributed by atoms with van der Waals surface area (Å²) in [4.78, 5) is 0.233. The molecule has 102 valence electrons. The van der Waals surface area contributed by atoms with E-state index in [2.05, 4.69) is 0 Å². The maximum atomic E-state index is 11.6. The Hall–Kier alpha value is -0.950. The van der Waals surface area contributed by atoms with Crippen LogP contribution in [-0.4, -0.2) is 37.0 Å². The fraction of sp³-hybridized carbons (Fsp3) is 0.500. The standard InChI is InChI=1S/C12H19NO4S/c1-2-18(16,17)10-5-3-9(4-6-10)12(15)11(13)7-8-14/h3-6,11-12,14-15H,2,7-8,13H2,1H3. The van der Waals surface area contributed by atoms with Gasteiger partial charge in [-0.15, -0.1) is 0 Å². The highest BCUT2D eigenvalue weighted by atomic mass is 32.2. The van der Waals surface area contributed by atoms with E-state index >= 15 is 0 Å². The minimum atomic E-state index is -3.22. The molecule has 0 fully saturated rings. The Balaban J connectivity index is 2.89. The number of rotatable bonds is 6. The molecular weight excluding hydrogens is 254 g/mol. The summed E-state index contributed by atoms with van der Waals surface area (Å²) < 4.78 is 23.2. The number of hydrogen-bond donors (Lipinski definition) is 3. The van der Waals surface area contributed by atoms with E-state index < -0.39 is 22.0 Å². The van der Waals surface area contributed by atoms with Crippen LogP contribution in [0.2, 0.25) is 0 Å². The molecule has 0 radical (unpaired) electrons. The van der Waals surface area contributed by atoms with Gasteiger partial charge in [-0.05, 0) is 24.1 Å². The summed E-state index contributed by atoms with van der Waals surface area (Å²) in [6, 6.07) is 5.45. The van der Waals surface area contributed by atoms with Gasteiger partial charge in [-0.3, -0.25) is 0 Å². The highest BCUT2D eigenvalue weighted by molar-refractivity contribution is 7.91. The molecule has 1 rings (SSSR count). The highest BCUT2D eigenvalue weighted by Crippen LogP contribution is 2.20. The number of aliphatic hydroxyl groups excluding tert-OH is 2. The van der Waals surface area contributed by atoms with Crippen molar-refractivity contribution < 1.29 is 18.6 Å². The van der Waals surface area contributed by atoms with Crippen molar-refractivity contribution in [3.8, 4) is 0 Å². The van der Waals surface area contributed by atoms with Crippen LogP contribution >= 0.6 is 0 Å². The average Bonchev–Trinajstić information content (AvgIpc) is 2.38. The van der Waals surface area contributed by atoms with Gasteiger partial charge in [0.2, 0.25) is 0 Å². The fourth-order valence-electron chi connectivity index (χ4n) is 1.59. The molecule has 1 aromatic carbocycles. The second-order valence-corrected chi connectivity index (χ2v) is 6.37. The van der Waals surface area contributed by atoms with Gasteiger partial charge in [-0.1, -0.05) is 19.1 Å². The zero-order chi connectivity index (χ0) is 13.8. The summed E-state index contributed by atoms with van der Waals surface area (Å²) in [5, 5.41) is 18.6. The van der Waals surface area contributed by atoms with Crippen LogP contribution in [0.1, 0.15) is 25.0 Å². The van der Waals surface area contributed by atoms with Crippen molar-refractivity contribution in [3.63, 3.8) is 0 Å². The normalized spacial score (nSPS) is 15.3. The third-order valence-corrected chi connectivity index (χ3v) is 4.58. The van der Waals surface area contributed by atoms with Crippen molar-refractivity contribution >= 4 is 9.84 Å². The molecule has 0 spiro atoms. The Kier molecular flexibility index (Phi) is 5.28. The first kappa shape index (κ1) is 15.1. The van der Waals surface area contributed by atoms with Crippen molar-refractivity contribution in [3.05, 3.63) is 29.8 Å². The minimum absolute atomic E-state index is 0.0406. The molecule has 2 atom stereocenters. The minimum Gasteiger partial charge on any atom is -0.396 e. The Morgan fingerprint density at radius 2 is 1.83 bits per heavy atom. The van der Waals surface area contributed by atoms with Gasteiger partial charge in [0.05, 0.1) is 16.8 Å². The first-order valence-electron chi connectivity index (χ1n) is 5.79. The van der Waals surface area contributed by atoms with Gasteiger partial charge in [0, 0.05) is 12.6 Å². The first-order chi connectivity index (χ1) is 8.42. The van der Waals surface area contributed by atoms with E-state index in [0.717, 1.165) is 0 Å². The molecule has 6 heteroatoms. The molecule has 0 heterocycles. The van der Waals surface area contributed by atoms with Gasteiger partial charge in [0.25, 0.3) is 0 Å². The van der Waals surface area contributed by atoms with Crippen LogP contribution in [0.15, 0.2) is 29.2 Å². The van der Waals surface area contributed by atoms with E-state index in [9.17, 15) is 13.5 Å². The van der Waals surface area contributed by atoms with Gasteiger partial charge in [-0.2, -0.15) is 0 Å². The lowest BCUT2D eigenvalue weighted by atomic mass is 10.0. The Morgan fingerprint density at radius 3 is 2.28 bits per heavy atom. The molecule has 0 aliphatic rings. The second-order valence-electron chi connectivity index (χ2n) is 4.09. The number of nitrogens with two attached hydrogens (primary N) is 1. The summed E-state index contributed by atoms with van der Waals surface area (Å²) in [5.74, 6) is 0.0406. The van der Waals surface area contributed by atoms with E-state index in [1.165, 1.54) is 12.1 Å². The van der Waals surface area contributed by atoms with Crippen molar-refractivity contribution in [2.75, 3.05) is 12.4 Å². The number of benzene rings is 1. The molecule has 0 amide bonds. The van der Waals surface area contributed by atoms with E-state index in [0.29, 0.717) is 5.56 Å². The monoisotopic (exact) mass is 273 g/mol. The van der Waals surface area contributed by atoms with Gasteiger partial charge in [-0.25, -0.2) is 8.42 Å². The molecule has 0 aliphatic heterocycles. The van der Waals surface area contributed by atoms with Crippen molar-refractivity contribution in [2.24, 2.45) is 5.73 Å². The molecular formula is C12H19NO4S. The van der Waals surface area contributed by atoms with Crippen LogP contribution in [0.3, 0.4) is 0 Å². The van der Waals surface area contributed by atoms with Crippen LogP contribution in [0.25, 0.3) is 0 Å². The molecule has 0 saturated heterocycles. The summed E-state index contributed by atoms with van der Waals surface area (Å²) in [6.07, 6.45) is -0.619. The summed E-state index contributed by atoms with van der Waals surface area (Å²) >= 11 is 0. The zero-order valence-corrected chi connectivity index (χ0v) is 11.1. The molecule has 0 saturated carbocycles. The predicted octanol–water partition coefficient (Wildman–Crippen LogP) is 0.223. The smallest absolute Gasteiger partial charge is 0.178 e. The Labute approximate surface area is 107 Å². The SMILES string of the molecule is CCS(=O)(=O)c1ccc(C(O)C(N)CCO)cc1. The second kappa shape index (κ2) is 6.29. The number of sulfone groups is 1. The molecule has 0 aromatic heterocycles. The largest absolute Gasteiger partial charge is 0.396 e. The van der Waals surface area contributed by atoms with Gasteiger partial charge in [0.1, 0.15) is 0 Å². The third-order valence-electron chi connectivity index (χ3n) is 2.83. The van der Waals surface area contributed by atoms with Crippen molar-refractivity contribution in [2.45, 2.75) is 30.4 Å². The van der Waals surface area contributed by atoms with Crippen LogP contribution in [-0.2, 0) is 9.84 Å². The van der Waals surface area contributed by atoms with E-state index in [1.807, 2.05) is 0 Å². The van der Waals surface area contributed by atoms with E-state index in [-0.39, 0.29) is 23.7 Å². The molecule has 2 unspecified atom stereocenters. The van der Waals surface area contributed by atoms with Gasteiger partial charge in [0.15, 0.2) is 9.84 Å². The van der Waals surface area contributed by atoms with Gasteiger partial charge >= 0.3 is 0 Å². The fourth-order valence-corrected chi connectivity index (χ4v) is 2.48. The lowest BCUT2D eigenvalue weighted by Crippen LogP contribution is -2.29. The summed E-state index contributed by atoms with van der Waals surface area (Å²) in [5.41, 5.74) is 6.23. The molecule has 0 bridgehead atoms. The topological polar surface area (TPSA) is 101 Å². The summed E-state index contributed by atoms with van der Waals surface area (Å²) in [6.45, 7) is 1.48. The molecule has 5 nitrogen and oxygen atoms in total. The molecule has 0 aliphatic carbocycles. The van der Waals surface area contributed by atoms with Crippen LogP contribution in [0.5, 0.6) is 0 Å². The van der Waals surface area contributed by atoms with Crippen molar-refractivity contribution in [1.29, 1.82) is 0 Å². The van der Waals surface area contributed by atoms with Crippen LogP contribution in [0.4, 0.5) is 0 Å². The number of aliphatic hydroxyl groups is 2. The number of hydrogen-bond acceptors (Lipinski definition) is 5. The predicted molar refractivity (Wildman–Crippen MR) is 68.8 cm³/mol. The third kappa shape index (κ3) is 3.52. The summed E-state index contributed by atoms with van der Waals surface area (Å²) in [7, 11) is -3.22. The van der Waals surface area contributed by atoms with Crippen LogP contribution < -0.4 is 5.73 Å². The van der Waals surface area contributed by atoms with Gasteiger partial charge < -0.3 is 15.9 Å². The highest BCUT2D eigenvalue weighted by Gasteiger charge is 2.17.